The van der Waals surface area contributed by atoms with Crippen molar-refractivity contribution in [1.82, 2.24) is 4.90 Å². The molecule has 2 N–H and O–H groups in total. The van der Waals surface area contributed by atoms with E-state index in [1.54, 1.807) is 24.3 Å². The average Bonchev–Trinajstić information content (AvgIpc) is 2.97. The summed E-state index contributed by atoms with van der Waals surface area (Å²) >= 11 is 0. The number of imide groups is 1. The van der Waals surface area contributed by atoms with E-state index in [-0.39, 0.29) is 18.8 Å². The summed E-state index contributed by atoms with van der Waals surface area (Å²) in [6, 6.07) is 21.1. The van der Waals surface area contributed by atoms with Crippen LogP contribution >= 0.6 is 0 Å². The van der Waals surface area contributed by atoms with Crippen LogP contribution in [-0.4, -0.2) is 35.0 Å². The zero-order valence-electron chi connectivity index (χ0n) is 15.0. The van der Waals surface area contributed by atoms with Gasteiger partial charge in [-0.2, -0.15) is 0 Å². The SMILES string of the molecule is O=C1C=C(Nc2ccc(Oc3ccc4ccccc4c3)cc2)C(=O)N1CCO. The van der Waals surface area contributed by atoms with Gasteiger partial charge < -0.3 is 15.2 Å². The van der Waals surface area contributed by atoms with Gasteiger partial charge in [-0.3, -0.25) is 14.5 Å². The van der Waals surface area contributed by atoms with Gasteiger partial charge in [0.2, 0.25) is 0 Å². The molecule has 1 heterocycles. The minimum absolute atomic E-state index is 0.0160. The van der Waals surface area contributed by atoms with E-state index in [1.807, 2.05) is 42.5 Å². The topological polar surface area (TPSA) is 78.9 Å². The summed E-state index contributed by atoms with van der Waals surface area (Å²) in [6.07, 6.45) is 1.23. The second-order valence-corrected chi connectivity index (χ2v) is 6.34. The Morgan fingerprint density at radius 3 is 2.36 bits per heavy atom. The number of nitrogens with zero attached hydrogens (tertiary/aromatic N) is 1. The molecule has 3 aromatic carbocycles. The number of nitrogens with one attached hydrogen (secondary N) is 1. The molecule has 1 aliphatic heterocycles. The van der Waals surface area contributed by atoms with Crippen molar-refractivity contribution < 1.29 is 19.4 Å². The van der Waals surface area contributed by atoms with Crippen molar-refractivity contribution >= 4 is 28.3 Å². The molecule has 0 saturated heterocycles. The molecule has 140 valence electrons. The lowest BCUT2D eigenvalue weighted by atomic mass is 10.1. The third-order valence-corrected chi connectivity index (χ3v) is 4.42. The number of aliphatic hydroxyl groups excluding tert-OH is 1. The fraction of sp³-hybridized carbons (Fsp3) is 0.0909. The molecule has 0 fully saturated rings. The molecule has 0 radical (unpaired) electrons. The van der Waals surface area contributed by atoms with Crippen LogP contribution in [0.4, 0.5) is 5.69 Å². The maximum absolute atomic E-state index is 12.2. The van der Waals surface area contributed by atoms with E-state index in [0.29, 0.717) is 11.4 Å². The highest BCUT2D eigenvalue weighted by atomic mass is 16.5. The molecule has 6 nitrogen and oxygen atoms in total. The molecule has 6 heteroatoms. The molecule has 0 aromatic heterocycles. The quantitative estimate of drug-likeness (QED) is 0.648. The van der Waals surface area contributed by atoms with Crippen LogP contribution in [0.15, 0.2) is 78.5 Å². The zero-order chi connectivity index (χ0) is 19.5. The summed E-state index contributed by atoms with van der Waals surface area (Å²) in [6.45, 7) is -0.280. The number of hydrogen-bond donors (Lipinski definition) is 2. The van der Waals surface area contributed by atoms with E-state index in [2.05, 4.69) is 5.32 Å². The van der Waals surface area contributed by atoms with Crippen molar-refractivity contribution in [3.63, 3.8) is 0 Å². The van der Waals surface area contributed by atoms with E-state index >= 15 is 0 Å². The predicted molar refractivity (Wildman–Crippen MR) is 106 cm³/mol. The van der Waals surface area contributed by atoms with Crippen LogP contribution in [0.2, 0.25) is 0 Å². The van der Waals surface area contributed by atoms with Gasteiger partial charge in [0.15, 0.2) is 0 Å². The molecule has 4 rings (SSSR count). The number of amides is 2. The molecule has 0 saturated carbocycles. The second-order valence-electron chi connectivity index (χ2n) is 6.34. The Bertz CT molecular complexity index is 1070. The van der Waals surface area contributed by atoms with Crippen LogP contribution in [0, 0.1) is 0 Å². The highest BCUT2D eigenvalue weighted by Gasteiger charge is 2.30. The van der Waals surface area contributed by atoms with Gasteiger partial charge in [0.05, 0.1) is 13.2 Å². The second kappa shape index (κ2) is 7.54. The lowest BCUT2D eigenvalue weighted by molar-refractivity contribution is -0.137. The van der Waals surface area contributed by atoms with E-state index < -0.39 is 11.8 Å². The normalized spacial score (nSPS) is 13.8. The predicted octanol–water partition coefficient (Wildman–Crippen LogP) is 3.29. The third-order valence-electron chi connectivity index (χ3n) is 4.42. The van der Waals surface area contributed by atoms with Gasteiger partial charge in [-0.15, -0.1) is 0 Å². The summed E-state index contributed by atoms with van der Waals surface area (Å²) in [7, 11) is 0. The van der Waals surface area contributed by atoms with Crippen LogP contribution < -0.4 is 10.1 Å². The van der Waals surface area contributed by atoms with Gasteiger partial charge in [-0.05, 0) is 47.2 Å². The molecule has 0 spiro atoms. The van der Waals surface area contributed by atoms with Gasteiger partial charge in [0, 0.05) is 11.8 Å². The highest BCUT2D eigenvalue weighted by molar-refractivity contribution is 6.17. The van der Waals surface area contributed by atoms with Gasteiger partial charge in [-0.1, -0.05) is 30.3 Å². The summed E-state index contributed by atoms with van der Waals surface area (Å²) in [4.78, 5) is 24.9. The Kier molecular flexibility index (Phi) is 4.78. The van der Waals surface area contributed by atoms with Crippen molar-refractivity contribution in [2.75, 3.05) is 18.5 Å². The van der Waals surface area contributed by atoms with E-state index in [0.717, 1.165) is 21.4 Å². The van der Waals surface area contributed by atoms with Crippen LogP contribution in [0.1, 0.15) is 0 Å². The molecule has 28 heavy (non-hydrogen) atoms. The van der Waals surface area contributed by atoms with Gasteiger partial charge in [-0.25, -0.2) is 0 Å². The number of aliphatic hydroxyl groups is 1. The van der Waals surface area contributed by atoms with Gasteiger partial charge >= 0.3 is 0 Å². The first kappa shape index (κ1) is 17.8. The molecule has 0 bridgehead atoms. The smallest absolute Gasteiger partial charge is 0.277 e. The molecule has 1 aliphatic rings. The Labute approximate surface area is 161 Å². The summed E-state index contributed by atoms with van der Waals surface area (Å²) in [5.41, 5.74) is 0.839. The number of hydrogen-bond acceptors (Lipinski definition) is 5. The molecule has 2 amide bonds. The molecular formula is C22H18N2O4. The van der Waals surface area contributed by atoms with E-state index in [9.17, 15) is 9.59 Å². The Morgan fingerprint density at radius 2 is 1.61 bits per heavy atom. The number of carbonyl (C=O) groups excluding carboxylic acids is 2. The Balaban J connectivity index is 1.44. The minimum atomic E-state index is -0.449. The van der Waals surface area contributed by atoms with Gasteiger partial charge in [0.1, 0.15) is 17.2 Å². The lowest BCUT2D eigenvalue weighted by Crippen LogP contribution is -2.34. The number of ether oxygens (including phenoxy) is 1. The standard InChI is InChI=1S/C22H18N2O4/c25-12-11-24-21(26)14-20(22(24)27)23-17-6-9-18(10-7-17)28-19-8-5-15-3-1-2-4-16(15)13-19/h1-10,13-14,23,25H,11-12H2. The fourth-order valence-electron chi connectivity index (χ4n) is 3.04. The third kappa shape index (κ3) is 3.58. The van der Waals surface area contributed by atoms with Crippen molar-refractivity contribution in [2.24, 2.45) is 0 Å². The number of fused-ring (bicyclic) bond motifs is 1. The number of carbonyl (C=O) groups is 2. The zero-order valence-corrected chi connectivity index (χ0v) is 15.0. The molecule has 0 aliphatic carbocycles. The number of benzene rings is 3. The van der Waals surface area contributed by atoms with Crippen molar-refractivity contribution in [2.45, 2.75) is 0 Å². The largest absolute Gasteiger partial charge is 0.457 e. The maximum atomic E-state index is 12.2. The molecular weight excluding hydrogens is 356 g/mol. The van der Waals surface area contributed by atoms with Crippen LogP contribution in [-0.2, 0) is 9.59 Å². The number of β-amino-alcohol motifs (C(OH)–C–C–N with tert-alkyl or cyclic N) is 1. The molecule has 0 unspecified atom stereocenters. The number of anilines is 1. The van der Waals surface area contributed by atoms with Crippen molar-refractivity contribution in [3.8, 4) is 11.5 Å². The first-order chi connectivity index (χ1) is 13.6. The highest BCUT2D eigenvalue weighted by Crippen LogP contribution is 2.27. The molecule has 3 aromatic rings. The minimum Gasteiger partial charge on any atom is -0.457 e. The first-order valence-electron chi connectivity index (χ1n) is 8.86. The summed E-state index contributed by atoms with van der Waals surface area (Å²) in [5.74, 6) is 0.511. The van der Waals surface area contributed by atoms with Crippen LogP contribution in [0.25, 0.3) is 10.8 Å². The summed E-state index contributed by atoms with van der Waals surface area (Å²) in [5, 5.41) is 14.1. The average molecular weight is 374 g/mol. The van der Waals surface area contributed by atoms with Crippen molar-refractivity contribution in [3.05, 3.63) is 78.5 Å². The maximum Gasteiger partial charge on any atom is 0.277 e. The van der Waals surface area contributed by atoms with E-state index in [1.165, 1.54) is 6.08 Å². The first-order valence-corrected chi connectivity index (χ1v) is 8.86. The Hall–Kier alpha value is -3.64. The van der Waals surface area contributed by atoms with Gasteiger partial charge in [0.25, 0.3) is 11.8 Å². The lowest BCUT2D eigenvalue weighted by Gasteiger charge is -2.13. The van der Waals surface area contributed by atoms with Crippen molar-refractivity contribution in [1.29, 1.82) is 0 Å². The Morgan fingerprint density at radius 1 is 0.893 bits per heavy atom. The molecule has 0 atom stereocenters. The van der Waals surface area contributed by atoms with Crippen LogP contribution in [0.5, 0.6) is 11.5 Å². The van der Waals surface area contributed by atoms with Crippen LogP contribution in [0.3, 0.4) is 0 Å². The monoisotopic (exact) mass is 374 g/mol. The fourth-order valence-corrected chi connectivity index (χ4v) is 3.04. The van der Waals surface area contributed by atoms with E-state index in [4.69, 9.17) is 9.84 Å². The number of rotatable bonds is 6. The summed E-state index contributed by atoms with van der Waals surface area (Å²) < 4.78 is 5.90.